The lowest BCUT2D eigenvalue weighted by atomic mass is 9.85. The van der Waals surface area contributed by atoms with Gasteiger partial charge >= 0.3 is 0 Å². The number of hydrazine groups is 1. The molecule has 0 aromatic heterocycles. The molecule has 1 aliphatic carbocycles. The van der Waals surface area contributed by atoms with E-state index >= 15 is 0 Å². The predicted octanol–water partition coefficient (Wildman–Crippen LogP) is 3.76. The van der Waals surface area contributed by atoms with Crippen LogP contribution in [-0.2, 0) is 10.2 Å². The van der Waals surface area contributed by atoms with E-state index in [1.807, 2.05) is 55.5 Å². The molecule has 2 N–H and O–H groups in total. The summed E-state index contributed by atoms with van der Waals surface area (Å²) >= 11 is 0. The molecule has 0 saturated heterocycles. The van der Waals surface area contributed by atoms with Crippen molar-refractivity contribution in [1.82, 2.24) is 10.9 Å². The molecular weight excluding hydrogens is 348 g/mol. The van der Waals surface area contributed by atoms with Gasteiger partial charge in [-0.1, -0.05) is 78.4 Å². The third-order valence-corrected chi connectivity index (χ3v) is 5.43. The fourth-order valence-corrected chi connectivity index (χ4v) is 3.92. The van der Waals surface area contributed by atoms with Crippen molar-refractivity contribution in [2.45, 2.75) is 18.8 Å². The van der Waals surface area contributed by atoms with Crippen LogP contribution in [0.4, 0.5) is 0 Å². The quantitative estimate of drug-likeness (QED) is 0.687. The van der Waals surface area contributed by atoms with Crippen LogP contribution in [0.3, 0.4) is 0 Å². The van der Waals surface area contributed by atoms with Crippen molar-refractivity contribution in [3.63, 3.8) is 0 Å². The van der Waals surface area contributed by atoms with Gasteiger partial charge in [0.1, 0.15) is 0 Å². The summed E-state index contributed by atoms with van der Waals surface area (Å²) in [4.78, 5) is 25.2. The number of aryl methyl sites for hydroxylation is 1. The van der Waals surface area contributed by atoms with E-state index < -0.39 is 0 Å². The summed E-state index contributed by atoms with van der Waals surface area (Å²) in [7, 11) is 0. The second-order valence-electron chi connectivity index (χ2n) is 7.27. The van der Waals surface area contributed by atoms with E-state index in [4.69, 9.17) is 0 Å². The molecule has 0 radical (unpaired) electrons. The molecule has 1 saturated carbocycles. The van der Waals surface area contributed by atoms with Gasteiger partial charge in [-0.05, 0) is 36.6 Å². The minimum Gasteiger partial charge on any atom is -0.273 e. The Hall–Kier alpha value is -3.40. The fraction of sp³-hybridized carbons (Fsp3) is 0.167. The van der Waals surface area contributed by atoms with Crippen molar-refractivity contribution in [3.05, 3.63) is 107 Å². The molecule has 0 heterocycles. The first kappa shape index (κ1) is 18.0. The van der Waals surface area contributed by atoms with E-state index in [9.17, 15) is 9.59 Å². The van der Waals surface area contributed by atoms with E-state index in [1.165, 1.54) is 0 Å². The summed E-state index contributed by atoms with van der Waals surface area (Å²) in [6, 6.07) is 27.4. The maximum absolute atomic E-state index is 12.8. The number of carbonyl (C=O) groups excluding carboxylic acids is 2. The second kappa shape index (κ2) is 7.31. The van der Waals surface area contributed by atoms with E-state index in [0.29, 0.717) is 12.0 Å². The summed E-state index contributed by atoms with van der Waals surface area (Å²) < 4.78 is 0. The highest BCUT2D eigenvalue weighted by molar-refractivity contribution is 5.96. The average Bonchev–Trinajstić information content (AvgIpc) is 3.50. The van der Waals surface area contributed by atoms with Crippen molar-refractivity contribution in [2.24, 2.45) is 5.92 Å². The van der Waals surface area contributed by atoms with Crippen LogP contribution in [0.1, 0.15) is 33.5 Å². The molecule has 4 heteroatoms. The Labute approximate surface area is 164 Å². The molecule has 28 heavy (non-hydrogen) atoms. The van der Waals surface area contributed by atoms with Gasteiger partial charge in [-0.25, -0.2) is 0 Å². The Morgan fingerprint density at radius 3 is 2.00 bits per heavy atom. The SMILES string of the molecule is Cc1cccc(C(=O)NNC(=O)C2CC2(c2ccccc2)c2ccccc2)c1. The van der Waals surface area contributed by atoms with Crippen LogP contribution in [0.2, 0.25) is 0 Å². The first-order chi connectivity index (χ1) is 13.6. The predicted molar refractivity (Wildman–Crippen MR) is 109 cm³/mol. The highest BCUT2D eigenvalue weighted by atomic mass is 16.2. The van der Waals surface area contributed by atoms with Crippen molar-refractivity contribution < 1.29 is 9.59 Å². The standard InChI is InChI=1S/C24H22N2O2/c1-17-9-8-10-18(15-17)22(27)25-26-23(28)21-16-24(21,19-11-4-2-5-12-19)20-13-6-3-7-14-20/h2-15,21H,16H2,1H3,(H,25,27)(H,26,28). The molecule has 1 atom stereocenters. The molecule has 4 rings (SSSR count). The smallest absolute Gasteiger partial charge is 0.269 e. The normalized spacial score (nSPS) is 16.8. The Bertz CT molecular complexity index is 960. The Morgan fingerprint density at radius 2 is 1.43 bits per heavy atom. The minimum absolute atomic E-state index is 0.172. The molecule has 2 amide bonds. The number of hydrogen-bond donors (Lipinski definition) is 2. The van der Waals surface area contributed by atoms with Crippen molar-refractivity contribution in [2.75, 3.05) is 0 Å². The van der Waals surface area contributed by atoms with Gasteiger partial charge in [-0.2, -0.15) is 0 Å². The summed E-state index contributed by atoms with van der Waals surface area (Å²) in [5.41, 5.74) is 8.57. The molecule has 140 valence electrons. The van der Waals surface area contributed by atoms with Crippen LogP contribution < -0.4 is 10.9 Å². The Balaban J connectivity index is 1.51. The van der Waals surface area contributed by atoms with Gasteiger partial charge < -0.3 is 0 Å². The molecule has 0 aliphatic heterocycles. The van der Waals surface area contributed by atoms with Crippen LogP contribution >= 0.6 is 0 Å². The van der Waals surface area contributed by atoms with Gasteiger partial charge in [-0.15, -0.1) is 0 Å². The van der Waals surface area contributed by atoms with Crippen molar-refractivity contribution >= 4 is 11.8 Å². The number of nitrogens with one attached hydrogen (secondary N) is 2. The molecule has 1 unspecified atom stereocenters. The van der Waals surface area contributed by atoms with Gasteiger partial charge in [-0.3, -0.25) is 20.4 Å². The van der Waals surface area contributed by atoms with E-state index in [1.54, 1.807) is 12.1 Å². The zero-order valence-corrected chi connectivity index (χ0v) is 15.7. The number of benzene rings is 3. The lowest BCUT2D eigenvalue weighted by Crippen LogP contribution is -2.43. The molecular formula is C24H22N2O2. The third kappa shape index (κ3) is 3.29. The number of rotatable bonds is 4. The summed E-state index contributed by atoms with van der Waals surface area (Å²) in [6.45, 7) is 1.92. The van der Waals surface area contributed by atoms with Gasteiger partial charge in [0.05, 0.1) is 5.92 Å². The monoisotopic (exact) mass is 370 g/mol. The highest BCUT2D eigenvalue weighted by Gasteiger charge is 2.60. The largest absolute Gasteiger partial charge is 0.273 e. The molecule has 4 nitrogen and oxygen atoms in total. The summed E-state index contributed by atoms with van der Waals surface area (Å²) in [5.74, 6) is -0.716. The Kier molecular flexibility index (Phi) is 4.70. The average molecular weight is 370 g/mol. The van der Waals surface area contributed by atoms with Crippen LogP contribution in [0.15, 0.2) is 84.9 Å². The molecule has 0 bridgehead atoms. The van der Waals surface area contributed by atoms with Gasteiger partial charge in [0.25, 0.3) is 5.91 Å². The highest BCUT2D eigenvalue weighted by Crippen LogP contribution is 2.58. The zero-order valence-electron chi connectivity index (χ0n) is 15.7. The maximum Gasteiger partial charge on any atom is 0.269 e. The third-order valence-electron chi connectivity index (χ3n) is 5.43. The fourth-order valence-electron chi connectivity index (χ4n) is 3.92. The minimum atomic E-state index is -0.347. The van der Waals surface area contributed by atoms with Crippen LogP contribution in [0, 0.1) is 12.8 Å². The Morgan fingerprint density at radius 1 is 0.821 bits per heavy atom. The summed E-state index contributed by atoms with van der Waals surface area (Å²) in [6.07, 6.45) is 0.715. The summed E-state index contributed by atoms with van der Waals surface area (Å²) in [5, 5.41) is 0. The molecule has 0 spiro atoms. The molecule has 1 fully saturated rings. The zero-order chi connectivity index (χ0) is 19.6. The van der Waals surface area contributed by atoms with E-state index in [2.05, 4.69) is 35.1 Å². The molecule has 3 aromatic carbocycles. The van der Waals surface area contributed by atoms with Crippen molar-refractivity contribution in [1.29, 1.82) is 0 Å². The lowest BCUT2D eigenvalue weighted by molar-refractivity contribution is -0.123. The number of carbonyl (C=O) groups is 2. The van der Waals surface area contributed by atoms with Gasteiger partial charge in [0, 0.05) is 11.0 Å². The molecule has 3 aromatic rings. The number of amides is 2. The van der Waals surface area contributed by atoms with Crippen LogP contribution in [0.25, 0.3) is 0 Å². The maximum atomic E-state index is 12.8. The second-order valence-corrected chi connectivity index (χ2v) is 7.27. The van der Waals surface area contributed by atoms with Gasteiger partial charge in [0.2, 0.25) is 5.91 Å². The van der Waals surface area contributed by atoms with E-state index in [0.717, 1.165) is 16.7 Å². The lowest BCUT2D eigenvalue weighted by Gasteiger charge is -2.19. The van der Waals surface area contributed by atoms with Gasteiger partial charge in [0.15, 0.2) is 0 Å². The van der Waals surface area contributed by atoms with Crippen LogP contribution in [0.5, 0.6) is 0 Å². The number of hydrogen-bond acceptors (Lipinski definition) is 2. The molecule has 1 aliphatic rings. The van der Waals surface area contributed by atoms with E-state index in [-0.39, 0.29) is 23.1 Å². The van der Waals surface area contributed by atoms with Crippen LogP contribution in [-0.4, -0.2) is 11.8 Å². The van der Waals surface area contributed by atoms with Crippen molar-refractivity contribution in [3.8, 4) is 0 Å². The first-order valence-electron chi connectivity index (χ1n) is 9.39. The topological polar surface area (TPSA) is 58.2 Å². The first-order valence-corrected chi connectivity index (χ1v) is 9.39.